The van der Waals surface area contributed by atoms with Crippen molar-refractivity contribution in [1.82, 2.24) is 9.80 Å². The lowest BCUT2D eigenvalue weighted by atomic mass is 10.0. The molecule has 34 heavy (non-hydrogen) atoms. The van der Waals surface area contributed by atoms with E-state index in [4.69, 9.17) is 23.2 Å². The van der Waals surface area contributed by atoms with Crippen molar-refractivity contribution < 1.29 is 18.8 Å². The Hall–Kier alpha value is -2.94. The Morgan fingerprint density at radius 2 is 1.79 bits per heavy atom. The summed E-state index contributed by atoms with van der Waals surface area (Å²) in [5.74, 6) is -2.27. The Morgan fingerprint density at radius 3 is 2.47 bits per heavy atom. The van der Waals surface area contributed by atoms with Gasteiger partial charge in [0.1, 0.15) is 16.5 Å². The summed E-state index contributed by atoms with van der Waals surface area (Å²) in [5, 5.41) is 2.33. The lowest BCUT2D eigenvalue weighted by molar-refractivity contribution is -0.120. The Kier molecular flexibility index (Phi) is 6.93. The normalized spacial score (nSPS) is 17.5. The van der Waals surface area contributed by atoms with Gasteiger partial charge in [-0.3, -0.25) is 14.4 Å². The molecule has 0 bridgehead atoms. The molecule has 7 nitrogen and oxygen atoms in total. The first-order valence-corrected chi connectivity index (χ1v) is 11.5. The van der Waals surface area contributed by atoms with Crippen molar-refractivity contribution in [3.05, 3.63) is 69.6 Å². The molecule has 4 rings (SSSR count). The number of rotatable bonds is 5. The monoisotopic (exact) mass is 504 g/mol. The van der Waals surface area contributed by atoms with Gasteiger partial charge in [-0.2, -0.15) is 0 Å². The SMILES string of the molecule is CN1CCC(N(C)C(=O)c2cccc(NC3=C(Cl)C(=O)N(c4ccc(F)c(Cl)c4)C3=O)c2)CC1. The lowest BCUT2D eigenvalue weighted by Crippen LogP contribution is -2.44. The van der Waals surface area contributed by atoms with E-state index in [-0.39, 0.29) is 33.4 Å². The number of likely N-dealkylation sites (tertiary alicyclic amines) is 1. The van der Waals surface area contributed by atoms with Crippen molar-refractivity contribution in [2.75, 3.05) is 37.4 Å². The predicted molar refractivity (Wildman–Crippen MR) is 129 cm³/mol. The van der Waals surface area contributed by atoms with Gasteiger partial charge in [0.2, 0.25) is 0 Å². The third-order valence-electron chi connectivity index (χ3n) is 6.12. The number of piperidine rings is 1. The van der Waals surface area contributed by atoms with Crippen LogP contribution in [0.1, 0.15) is 23.2 Å². The maximum Gasteiger partial charge on any atom is 0.283 e. The average Bonchev–Trinajstić information content (AvgIpc) is 3.03. The Labute approximate surface area is 206 Å². The van der Waals surface area contributed by atoms with E-state index in [0.29, 0.717) is 11.3 Å². The first kappa shape index (κ1) is 24.2. The zero-order valence-electron chi connectivity index (χ0n) is 18.6. The number of hydrogen-bond acceptors (Lipinski definition) is 5. The molecule has 2 aromatic rings. The molecule has 1 fully saturated rings. The van der Waals surface area contributed by atoms with Crippen molar-refractivity contribution in [2.24, 2.45) is 0 Å². The van der Waals surface area contributed by atoms with Gasteiger partial charge < -0.3 is 15.1 Å². The standard InChI is InChI=1S/C24H23Cl2FN4O3/c1-29-10-8-16(9-11-29)30(2)22(32)14-4-3-5-15(12-14)28-21-20(26)23(33)31(24(21)34)17-6-7-19(27)18(25)13-17/h3-7,12-13,16,28H,8-11H2,1-2H3. The van der Waals surface area contributed by atoms with E-state index in [1.165, 1.54) is 12.1 Å². The topological polar surface area (TPSA) is 73.0 Å². The molecule has 0 radical (unpaired) electrons. The van der Waals surface area contributed by atoms with Gasteiger partial charge >= 0.3 is 0 Å². The van der Waals surface area contributed by atoms with Crippen LogP contribution in [0.4, 0.5) is 15.8 Å². The molecule has 0 spiro atoms. The fourth-order valence-electron chi connectivity index (χ4n) is 4.10. The molecule has 0 aromatic heterocycles. The number of nitrogens with one attached hydrogen (secondary N) is 1. The smallest absolute Gasteiger partial charge is 0.283 e. The minimum absolute atomic E-state index is 0.0973. The van der Waals surface area contributed by atoms with Crippen molar-refractivity contribution in [2.45, 2.75) is 18.9 Å². The minimum Gasteiger partial charge on any atom is -0.350 e. The van der Waals surface area contributed by atoms with Crippen LogP contribution in [-0.2, 0) is 9.59 Å². The number of nitrogens with zero attached hydrogens (tertiary/aromatic N) is 3. The second-order valence-electron chi connectivity index (χ2n) is 8.39. The van der Waals surface area contributed by atoms with Crippen LogP contribution < -0.4 is 10.2 Å². The maximum absolute atomic E-state index is 13.5. The van der Waals surface area contributed by atoms with Crippen LogP contribution in [0.15, 0.2) is 53.2 Å². The second-order valence-corrected chi connectivity index (χ2v) is 9.17. The number of benzene rings is 2. The summed E-state index contributed by atoms with van der Waals surface area (Å²) in [6.45, 7) is 1.87. The molecule has 2 aliphatic heterocycles. The number of anilines is 2. The molecule has 1 N–H and O–H groups in total. The van der Waals surface area contributed by atoms with Crippen LogP contribution >= 0.6 is 23.2 Å². The Bertz CT molecular complexity index is 1190. The van der Waals surface area contributed by atoms with E-state index < -0.39 is 17.6 Å². The number of halogens is 3. The number of amides is 3. The summed E-state index contributed by atoms with van der Waals surface area (Å²) in [4.78, 5) is 43.5. The molecule has 0 atom stereocenters. The summed E-state index contributed by atoms with van der Waals surface area (Å²) in [7, 11) is 3.86. The number of imide groups is 1. The number of hydrogen-bond donors (Lipinski definition) is 1. The third kappa shape index (κ3) is 4.66. The molecule has 0 saturated carbocycles. The van der Waals surface area contributed by atoms with Crippen molar-refractivity contribution in [3.63, 3.8) is 0 Å². The lowest BCUT2D eigenvalue weighted by Gasteiger charge is -2.35. The summed E-state index contributed by atoms with van der Waals surface area (Å²) >= 11 is 12.0. The van der Waals surface area contributed by atoms with E-state index in [9.17, 15) is 18.8 Å². The minimum atomic E-state index is -0.758. The molecule has 178 valence electrons. The van der Waals surface area contributed by atoms with Crippen molar-refractivity contribution in [1.29, 1.82) is 0 Å². The number of carbonyl (C=O) groups is 3. The highest BCUT2D eigenvalue weighted by Gasteiger charge is 2.39. The van der Waals surface area contributed by atoms with Crippen molar-refractivity contribution in [3.8, 4) is 0 Å². The summed E-state index contributed by atoms with van der Waals surface area (Å²) < 4.78 is 13.5. The first-order valence-electron chi connectivity index (χ1n) is 10.7. The van der Waals surface area contributed by atoms with Crippen LogP contribution in [0.25, 0.3) is 0 Å². The highest BCUT2D eigenvalue weighted by atomic mass is 35.5. The fourth-order valence-corrected chi connectivity index (χ4v) is 4.48. The van der Waals surface area contributed by atoms with E-state index in [2.05, 4.69) is 17.3 Å². The largest absolute Gasteiger partial charge is 0.350 e. The zero-order chi connectivity index (χ0) is 24.6. The third-order valence-corrected chi connectivity index (χ3v) is 6.76. The van der Waals surface area contributed by atoms with Gasteiger partial charge in [-0.15, -0.1) is 0 Å². The van der Waals surface area contributed by atoms with Crippen LogP contribution in [0.5, 0.6) is 0 Å². The van der Waals surface area contributed by atoms with Gasteiger partial charge in [-0.1, -0.05) is 29.3 Å². The molecule has 1 saturated heterocycles. The molecule has 2 aliphatic rings. The Morgan fingerprint density at radius 1 is 1.09 bits per heavy atom. The van der Waals surface area contributed by atoms with Crippen LogP contribution in [-0.4, -0.2) is 60.7 Å². The van der Waals surface area contributed by atoms with Crippen LogP contribution in [0.2, 0.25) is 5.02 Å². The van der Waals surface area contributed by atoms with Gasteiger partial charge in [-0.25, -0.2) is 9.29 Å². The second kappa shape index (κ2) is 9.74. The molecule has 2 aromatic carbocycles. The van der Waals surface area contributed by atoms with Crippen LogP contribution in [0, 0.1) is 5.82 Å². The van der Waals surface area contributed by atoms with E-state index >= 15 is 0 Å². The van der Waals surface area contributed by atoms with Crippen LogP contribution in [0.3, 0.4) is 0 Å². The van der Waals surface area contributed by atoms with Gasteiger partial charge in [0, 0.05) is 24.3 Å². The molecular formula is C24H23Cl2FN4O3. The highest BCUT2D eigenvalue weighted by molar-refractivity contribution is 6.53. The van der Waals surface area contributed by atoms with Gasteiger partial charge in [0.05, 0.1) is 10.7 Å². The molecular weight excluding hydrogens is 482 g/mol. The van der Waals surface area contributed by atoms with E-state index in [0.717, 1.165) is 36.9 Å². The van der Waals surface area contributed by atoms with Gasteiger partial charge in [0.15, 0.2) is 0 Å². The summed E-state index contributed by atoms with van der Waals surface area (Å²) in [5.41, 5.74) is 0.832. The summed E-state index contributed by atoms with van der Waals surface area (Å²) in [6.07, 6.45) is 1.80. The molecule has 2 heterocycles. The van der Waals surface area contributed by atoms with Gasteiger partial charge in [-0.05, 0) is 69.4 Å². The quantitative estimate of drug-likeness (QED) is 0.621. The first-order chi connectivity index (χ1) is 16.2. The molecule has 0 aliphatic carbocycles. The van der Waals surface area contributed by atoms with E-state index in [1.807, 2.05) is 0 Å². The molecule has 10 heteroatoms. The van der Waals surface area contributed by atoms with Gasteiger partial charge in [0.25, 0.3) is 17.7 Å². The predicted octanol–water partition coefficient (Wildman–Crippen LogP) is 4.08. The molecule has 3 amide bonds. The average molecular weight is 505 g/mol. The number of carbonyl (C=O) groups excluding carboxylic acids is 3. The summed E-state index contributed by atoms with van der Waals surface area (Å²) in [6, 6.07) is 10.3. The zero-order valence-corrected chi connectivity index (χ0v) is 20.2. The van der Waals surface area contributed by atoms with E-state index in [1.54, 1.807) is 36.2 Å². The maximum atomic E-state index is 13.5. The fraction of sp³-hybridized carbons (Fsp3) is 0.292. The van der Waals surface area contributed by atoms with Crippen molar-refractivity contribution >= 4 is 52.3 Å². The molecule has 0 unspecified atom stereocenters. The highest BCUT2D eigenvalue weighted by Crippen LogP contribution is 2.32. The Balaban J connectivity index is 1.52.